The Bertz CT molecular complexity index is 292. The van der Waals surface area contributed by atoms with Gasteiger partial charge in [-0.2, -0.15) is 0 Å². The molecule has 1 heterocycles. The van der Waals surface area contributed by atoms with Crippen LogP contribution in [0.1, 0.15) is 71.6 Å². The molecular weight excluding hydrogens is 244 g/mol. The van der Waals surface area contributed by atoms with Crippen molar-refractivity contribution in [2.45, 2.75) is 89.8 Å². The average molecular weight is 278 g/mol. The van der Waals surface area contributed by atoms with Crippen molar-refractivity contribution < 1.29 is 0 Å². The van der Waals surface area contributed by atoms with Crippen molar-refractivity contribution in [3.8, 4) is 0 Å². The third kappa shape index (κ3) is 3.98. The minimum atomic E-state index is 0.793. The van der Waals surface area contributed by atoms with Crippen molar-refractivity contribution in [1.82, 2.24) is 10.2 Å². The van der Waals surface area contributed by atoms with Gasteiger partial charge in [-0.1, -0.05) is 26.7 Å². The highest BCUT2D eigenvalue weighted by Gasteiger charge is 2.37. The van der Waals surface area contributed by atoms with E-state index in [9.17, 15) is 0 Å². The van der Waals surface area contributed by atoms with Gasteiger partial charge in [-0.05, 0) is 63.3 Å². The molecule has 0 aromatic heterocycles. The van der Waals surface area contributed by atoms with Crippen LogP contribution in [0.5, 0.6) is 0 Å². The number of nitrogens with zero attached hydrogens (tertiary/aromatic N) is 1. The topological polar surface area (TPSA) is 15.3 Å². The second kappa shape index (κ2) is 6.79. The van der Waals surface area contributed by atoms with E-state index < -0.39 is 0 Å². The molecule has 0 spiro atoms. The smallest absolute Gasteiger partial charge is 0.0195 e. The number of nitrogens with one attached hydrogen (secondary N) is 1. The van der Waals surface area contributed by atoms with Gasteiger partial charge < -0.3 is 5.32 Å². The maximum Gasteiger partial charge on any atom is 0.0195 e. The van der Waals surface area contributed by atoms with E-state index in [0.29, 0.717) is 0 Å². The lowest BCUT2D eigenvalue weighted by Crippen LogP contribution is -2.46. The molecule has 2 aliphatic carbocycles. The summed E-state index contributed by atoms with van der Waals surface area (Å²) in [5, 5.41) is 3.71. The van der Waals surface area contributed by atoms with Crippen molar-refractivity contribution in [3.05, 3.63) is 0 Å². The van der Waals surface area contributed by atoms with Gasteiger partial charge in [0.2, 0.25) is 0 Å². The van der Waals surface area contributed by atoms with E-state index in [0.717, 1.165) is 30.0 Å². The van der Waals surface area contributed by atoms with Gasteiger partial charge in [0.05, 0.1) is 0 Å². The van der Waals surface area contributed by atoms with Crippen molar-refractivity contribution in [2.24, 2.45) is 11.8 Å². The summed E-state index contributed by atoms with van der Waals surface area (Å²) in [5.74, 6) is 1.89. The zero-order valence-corrected chi connectivity index (χ0v) is 13.6. The second-order valence-corrected chi connectivity index (χ2v) is 8.04. The monoisotopic (exact) mass is 278 g/mol. The third-order valence-electron chi connectivity index (χ3n) is 5.64. The van der Waals surface area contributed by atoms with Crippen LogP contribution in [0, 0.1) is 11.8 Å². The lowest BCUT2D eigenvalue weighted by molar-refractivity contribution is 0.106. The minimum Gasteiger partial charge on any atom is -0.313 e. The molecule has 2 saturated carbocycles. The van der Waals surface area contributed by atoms with Crippen LogP contribution in [-0.4, -0.2) is 36.1 Å². The Balaban J connectivity index is 1.55. The zero-order chi connectivity index (χ0) is 13.9. The third-order valence-corrected chi connectivity index (χ3v) is 5.64. The van der Waals surface area contributed by atoms with Crippen LogP contribution < -0.4 is 5.32 Å². The van der Waals surface area contributed by atoms with Crippen molar-refractivity contribution in [1.29, 1.82) is 0 Å². The molecule has 1 N–H and O–H groups in total. The first-order chi connectivity index (χ1) is 9.72. The Kier molecular flexibility index (Phi) is 5.04. The summed E-state index contributed by atoms with van der Waals surface area (Å²) in [6.45, 7) is 7.38. The molecule has 3 rings (SSSR count). The Morgan fingerprint density at radius 2 is 1.85 bits per heavy atom. The first kappa shape index (κ1) is 14.8. The Hall–Kier alpha value is -0.0800. The van der Waals surface area contributed by atoms with E-state index in [4.69, 9.17) is 0 Å². The van der Waals surface area contributed by atoms with Crippen molar-refractivity contribution >= 4 is 0 Å². The molecule has 0 aromatic carbocycles. The van der Waals surface area contributed by atoms with Crippen LogP contribution in [0.15, 0.2) is 0 Å². The van der Waals surface area contributed by atoms with E-state index >= 15 is 0 Å². The molecule has 116 valence electrons. The molecule has 0 bridgehead atoms. The summed E-state index contributed by atoms with van der Waals surface area (Å²) in [6, 6.07) is 2.64. The van der Waals surface area contributed by atoms with E-state index in [-0.39, 0.29) is 0 Å². The van der Waals surface area contributed by atoms with Gasteiger partial charge in [-0.15, -0.1) is 0 Å². The van der Waals surface area contributed by atoms with Crippen LogP contribution in [0.2, 0.25) is 0 Å². The van der Waals surface area contributed by atoms with Crippen LogP contribution in [0.25, 0.3) is 0 Å². The van der Waals surface area contributed by atoms with E-state index in [1.165, 1.54) is 70.9 Å². The molecule has 3 fully saturated rings. The van der Waals surface area contributed by atoms with Gasteiger partial charge in [0, 0.05) is 24.7 Å². The lowest BCUT2D eigenvalue weighted by Gasteiger charge is -2.39. The summed E-state index contributed by atoms with van der Waals surface area (Å²) in [5.41, 5.74) is 0. The fourth-order valence-corrected chi connectivity index (χ4v) is 4.61. The molecule has 2 heteroatoms. The predicted molar refractivity (Wildman–Crippen MR) is 86.0 cm³/mol. The molecule has 20 heavy (non-hydrogen) atoms. The van der Waals surface area contributed by atoms with E-state index in [2.05, 4.69) is 24.1 Å². The van der Waals surface area contributed by atoms with Gasteiger partial charge in [0.15, 0.2) is 0 Å². The van der Waals surface area contributed by atoms with Gasteiger partial charge in [-0.25, -0.2) is 0 Å². The largest absolute Gasteiger partial charge is 0.313 e. The zero-order valence-electron chi connectivity index (χ0n) is 13.6. The van der Waals surface area contributed by atoms with Crippen LogP contribution in [-0.2, 0) is 0 Å². The van der Waals surface area contributed by atoms with E-state index in [1.807, 2.05) is 0 Å². The maximum absolute atomic E-state index is 3.71. The molecule has 0 radical (unpaired) electrons. The van der Waals surface area contributed by atoms with Gasteiger partial charge >= 0.3 is 0 Å². The summed E-state index contributed by atoms with van der Waals surface area (Å²) < 4.78 is 0. The normalized spacial score (nSPS) is 35.1. The second-order valence-electron chi connectivity index (χ2n) is 8.04. The summed E-state index contributed by atoms with van der Waals surface area (Å²) >= 11 is 0. The average Bonchev–Trinajstić information content (AvgIpc) is 3.12. The minimum absolute atomic E-state index is 0.793. The van der Waals surface area contributed by atoms with Crippen LogP contribution in [0.4, 0.5) is 0 Å². The Morgan fingerprint density at radius 1 is 1.00 bits per heavy atom. The lowest BCUT2D eigenvalue weighted by atomic mass is 9.80. The fourth-order valence-electron chi connectivity index (χ4n) is 4.61. The standard InChI is InChI=1S/C18H34N2/c1-14(2)11-15-5-3-7-18(12-15)20(17-8-9-17)13-16-6-4-10-19-16/h14-19H,3-13H2,1-2H3. The Morgan fingerprint density at radius 3 is 2.50 bits per heavy atom. The highest BCUT2D eigenvalue weighted by molar-refractivity contribution is 4.94. The molecule has 0 aromatic rings. The molecule has 1 saturated heterocycles. The molecular formula is C18H34N2. The predicted octanol–water partition coefficient (Wildman–Crippen LogP) is 3.81. The quantitative estimate of drug-likeness (QED) is 0.795. The fraction of sp³-hybridized carbons (Fsp3) is 1.00. The molecule has 3 unspecified atom stereocenters. The van der Waals surface area contributed by atoms with Gasteiger partial charge in [0.25, 0.3) is 0 Å². The summed E-state index contributed by atoms with van der Waals surface area (Å²) in [7, 11) is 0. The van der Waals surface area contributed by atoms with Crippen molar-refractivity contribution in [3.63, 3.8) is 0 Å². The van der Waals surface area contributed by atoms with E-state index in [1.54, 1.807) is 0 Å². The number of rotatable bonds is 6. The molecule has 3 aliphatic rings. The summed E-state index contributed by atoms with van der Waals surface area (Å²) in [6.07, 6.45) is 13.1. The highest BCUT2D eigenvalue weighted by Crippen LogP contribution is 2.37. The number of hydrogen-bond acceptors (Lipinski definition) is 2. The molecule has 3 atom stereocenters. The van der Waals surface area contributed by atoms with Crippen LogP contribution >= 0.6 is 0 Å². The first-order valence-electron chi connectivity index (χ1n) is 9.21. The molecule has 2 nitrogen and oxygen atoms in total. The Labute approximate surface area is 125 Å². The SMILES string of the molecule is CC(C)CC1CCCC(N(CC2CCCN2)C2CC2)C1. The number of hydrogen-bond donors (Lipinski definition) is 1. The highest BCUT2D eigenvalue weighted by atomic mass is 15.2. The first-order valence-corrected chi connectivity index (χ1v) is 9.21. The summed E-state index contributed by atoms with van der Waals surface area (Å²) in [4.78, 5) is 2.93. The molecule has 1 aliphatic heterocycles. The maximum atomic E-state index is 3.71. The van der Waals surface area contributed by atoms with Crippen molar-refractivity contribution in [2.75, 3.05) is 13.1 Å². The van der Waals surface area contributed by atoms with Gasteiger partial charge in [0.1, 0.15) is 0 Å². The van der Waals surface area contributed by atoms with Crippen LogP contribution in [0.3, 0.4) is 0 Å². The molecule has 0 amide bonds. The van der Waals surface area contributed by atoms with Gasteiger partial charge in [-0.3, -0.25) is 4.90 Å².